The maximum Gasteiger partial charge on any atom is 0.328 e. The summed E-state index contributed by atoms with van der Waals surface area (Å²) in [5.41, 5.74) is 6.78. The second-order valence-electron chi connectivity index (χ2n) is 5.30. The molecule has 5 nitrogen and oxygen atoms in total. The van der Waals surface area contributed by atoms with E-state index in [0.29, 0.717) is 18.8 Å². The van der Waals surface area contributed by atoms with E-state index in [-0.39, 0.29) is 17.4 Å². The molecule has 1 aliphatic carbocycles. The number of hydrogen-bond acceptors (Lipinski definition) is 3. The van der Waals surface area contributed by atoms with Crippen molar-refractivity contribution < 1.29 is 9.59 Å². The lowest BCUT2D eigenvalue weighted by Crippen LogP contribution is -2.63. The van der Waals surface area contributed by atoms with Crippen LogP contribution in [0.3, 0.4) is 0 Å². The van der Waals surface area contributed by atoms with Crippen LogP contribution < -0.4 is 16.0 Å². The normalized spacial score (nSPS) is 21.2. The van der Waals surface area contributed by atoms with Crippen LogP contribution in [-0.4, -0.2) is 18.5 Å². The summed E-state index contributed by atoms with van der Waals surface area (Å²) < 4.78 is 0. The predicted molar refractivity (Wildman–Crippen MR) is 71.5 cm³/mol. The molecule has 1 aromatic carbocycles. The zero-order chi connectivity index (χ0) is 13.5. The maximum absolute atomic E-state index is 12.5. The SMILES string of the molecule is NCc1ccc(N2C(=O)NCC3(CCC3)C2=O)cc1. The average Bonchev–Trinajstić information content (AvgIpc) is 2.38. The molecule has 3 rings (SSSR count). The minimum atomic E-state index is -0.361. The fourth-order valence-corrected chi connectivity index (χ4v) is 2.74. The molecular formula is C14H17N3O2. The van der Waals surface area contributed by atoms with Gasteiger partial charge in [-0.15, -0.1) is 0 Å². The van der Waals surface area contributed by atoms with Crippen molar-refractivity contribution in [2.45, 2.75) is 25.8 Å². The molecule has 1 saturated heterocycles. The Morgan fingerprint density at radius 3 is 2.42 bits per heavy atom. The van der Waals surface area contributed by atoms with Gasteiger partial charge in [0.25, 0.3) is 0 Å². The van der Waals surface area contributed by atoms with Gasteiger partial charge in [0.15, 0.2) is 0 Å². The number of nitrogens with zero attached hydrogens (tertiary/aromatic N) is 1. The summed E-state index contributed by atoms with van der Waals surface area (Å²) in [6.45, 7) is 0.923. The summed E-state index contributed by atoms with van der Waals surface area (Å²) in [7, 11) is 0. The Morgan fingerprint density at radius 2 is 1.89 bits per heavy atom. The number of hydrogen-bond donors (Lipinski definition) is 2. The molecule has 3 N–H and O–H groups in total. The molecule has 1 heterocycles. The molecule has 2 aliphatic rings. The average molecular weight is 259 g/mol. The first-order valence-corrected chi connectivity index (χ1v) is 6.58. The lowest BCUT2D eigenvalue weighted by molar-refractivity contribution is -0.132. The molecule has 2 fully saturated rings. The van der Waals surface area contributed by atoms with Gasteiger partial charge in [-0.25, -0.2) is 9.69 Å². The minimum absolute atomic E-state index is 0.0667. The smallest absolute Gasteiger partial charge is 0.328 e. The van der Waals surface area contributed by atoms with Crippen LogP contribution in [0.4, 0.5) is 10.5 Å². The van der Waals surface area contributed by atoms with E-state index in [1.807, 2.05) is 12.1 Å². The number of urea groups is 1. The lowest BCUT2D eigenvalue weighted by atomic mass is 9.67. The molecule has 1 spiro atoms. The molecule has 1 saturated carbocycles. The predicted octanol–water partition coefficient (Wildman–Crippen LogP) is 1.37. The molecule has 1 aromatic rings. The standard InChI is InChI=1S/C14H17N3O2/c15-8-10-2-4-11(5-3-10)17-12(18)14(6-1-7-14)9-16-13(17)19/h2-5H,1,6-9,15H2,(H,16,19). The Morgan fingerprint density at radius 1 is 1.21 bits per heavy atom. The Hall–Kier alpha value is -1.88. The molecule has 100 valence electrons. The van der Waals surface area contributed by atoms with Gasteiger partial charge in [0.05, 0.1) is 11.1 Å². The van der Waals surface area contributed by atoms with E-state index in [2.05, 4.69) is 5.32 Å². The molecule has 0 unspecified atom stereocenters. The van der Waals surface area contributed by atoms with Crippen molar-refractivity contribution in [2.75, 3.05) is 11.4 Å². The third-order valence-electron chi connectivity index (χ3n) is 4.18. The number of carbonyl (C=O) groups excluding carboxylic acids is 2. The van der Waals surface area contributed by atoms with E-state index in [1.165, 1.54) is 4.90 Å². The lowest BCUT2D eigenvalue weighted by Gasteiger charge is -2.46. The highest BCUT2D eigenvalue weighted by Crippen LogP contribution is 2.44. The summed E-state index contributed by atoms with van der Waals surface area (Å²) in [5, 5.41) is 2.82. The molecule has 19 heavy (non-hydrogen) atoms. The first-order valence-electron chi connectivity index (χ1n) is 6.58. The minimum Gasteiger partial charge on any atom is -0.336 e. The van der Waals surface area contributed by atoms with Crippen LogP contribution in [0.5, 0.6) is 0 Å². The third kappa shape index (κ3) is 1.81. The van der Waals surface area contributed by atoms with Crippen LogP contribution in [0.1, 0.15) is 24.8 Å². The van der Waals surface area contributed by atoms with E-state index >= 15 is 0 Å². The first-order chi connectivity index (χ1) is 9.16. The van der Waals surface area contributed by atoms with E-state index in [4.69, 9.17) is 5.73 Å². The zero-order valence-electron chi connectivity index (χ0n) is 10.7. The van der Waals surface area contributed by atoms with Gasteiger partial charge in [-0.05, 0) is 30.5 Å². The van der Waals surface area contributed by atoms with Gasteiger partial charge in [0.2, 0.25) is 5.91 Å². The summed E-state index contributed by atoms with van der Waals surface area (Å²) in [5.74, 6) is -0.0667. The monoisotopic (exact) mass is 259 g/mol. The van der Waals surface area contributed by atoms with Crippen LogP contribution >= 0.6 is 0 Å². The zero-order valence-corrected chi connectivity index (χ0v) is 10.7. The van der Waals surface area contributed by atoms with Crippen molar-refractivity contribution in [2.24, 2.45) is 11.1 Å². The molecule has 0 atom stereocenters. The van der Waals surface area contributed by atoms with Gasteiger partial charge >= 0.3 is 6.03 Å². The molecule has 0 radical (unpaired) electrons. The van der Waals surface area contributed by atoms with E-state index in [1.54, 1.807) is 12.1 Å². The molecular weight excluding hydrogens is 242 g/mol. The number of benzene rings is 1. The number of imide groups is 1. The van der Waals surface area contributed by atoms with E-state index in [0.717, 1.165) is 24.8 Å². The number of rotatable bonds is 2. The van der Waals surface area contributed by atoms with Crippen LogP contribution in [0.15, 0.2) is 24.3 Å². The van der Waals surface area contributed by atoms with Crippen molar-refractivity contribution in [3.63, 3.8) is 0 Å². The van der Waals surface area contributed by atoms with Crippen molar-refractivity contribution in [1.29, 1.82) is 0 Å². The fourth-order valence-electron chi connectivity index (χ4n) is 2.74. The van der Waals surface area contributed by atoms with Crippen molar-refractivity contribution in [3.8, 4) is 0 Å². The van der Waals surface area contributed by atoms with Crippen molar-refractivity contribution >= 4 is 17.6 Å². The van der Waals surface area contributed by atoms with Crippen LogP contribution in [0.25, 0.3) is 0 Å². The number of nitrogens with two attached hydrogens (primary N) is 1. The number of amides is 3. The Kier molecular flexibility index (Phi) is 2.78. The van der Waals surface area contributed by atoms with Gasteiger partial charge in [0, 0.05) is 13.1 Å². The highest BCUT2D eigenvalue weighted by molar-refractivity contribution is 6.18. The second-order valence-corrected chi connectivity index (χ2v) is 5.30. The van der Waals surface area contributed by atoms with Gasteiger partial charge < -0.3 is 11.1 Å². The Labute approximate surface area is 111 Å². The topological polar surface area (TPSA) is 75.4 Å². The Balaban J connectivity index is 1.91. The number of anilines is 1. The van der Waals surface area contributed by atoms with Crippen LogP contribution in [0, 0.1) is 5.41 Å². The van der Waals surface area contributed by atoms with Gasteiger partial charge in [-0.1, -0.05) is 18.6 Å². The number of carbonyl (C=O) groups is 2. The van der Waals surface area contributed by atoms with Gasteiger partial charge in [0.1, 0.15) is 0 Å². The van der Waals surface area contributed by atoms with Crippen LogP contribution in [-0.2, 0) is 11.3 Å². The summed E-state index contributed by atoms with van der Waals surface area (Å²) in [6.07, 6.45) is 2.79. The summed E-state index contributed by atoms with van der Waals surface area (Å²) in [4.78, 5) is 25.8. The molecule has 3 amide bonds. The molecule has 5 heteroatoms. The summed E-state index contributed by atoms with van der Waals surface area (Å²) >= 11 is 0. The summed E-state index contributed by atoms with van der Waals surface area (Å²) in [6, 6.07) is 6.91. The highest BCUT2D eigenvalue weighted by atomic mass is 16.2. The Bertz CT molecular complexity index is 520. The second kappa shape index (κ2) is 4.35. The third-order valence-corrected chi connectivity index (χ3v) is 4.18. The first kappa shape index (κ1) is 12.2. The number of nitrogens with one attached hydrogen (secondary N) is 1. The van der Waals surface area contributed by atoms with Crippen molar-refractivity contribution in [3.05, 3.63) is 29.8 Å². The fraction of sp³-hybridized carbons (Fsp3) is 0.429. The van der Waals surface area contributed by atoms with Crippen molar-refractivity contribution in [1.82, 2.24) is 5.32 Å². The maximum atomic E-state index is 12.5. The largest absolute Gasteiger partial charge is 0.336 e. The molecule has 0 bridgehead atoms. The van der Waals surface area contributed by atoms with Gasteiger partial charge in [-0.3, -0.25) is 4.79 Å². The molecule has 1 aliphatic heterocycles. The molecule has 0 aromatic heterocycles. The van der Waals surface area contributed by atoms with Crippen LogP contribution in [0.2, 0.25) is 0 Å². The van der Waals surface area contributed by atoms with E-state index < -0.39 is 0 Å². The van der Waals surface area contributed by atoms with Gasteiger partial charge in [-0.2, -0.15) is 0 Å². The highest BCUT2D eigenvalue weighted by Gasteiger charge is 2.51. The van der Waals surface area contributed by atoms with E-state index in [9.17, 15) is 9.59 Å². The quantitative estimate of drug-likeness (QED) is 0.842.